The van der Waals surface area contributed by atoms with Crippen molar-refractivity contribution in [3.63, 3.8) is 0 Å². The van der Waals surface area contributed by atoms with Crippen LogP contribution in [0.4, 0.5) is 15.9 Å². The van der Waals surface area contributed by atoms with E-state index in [0.717, 1.165) is 11.3 Å². The van der Waals surface area contributed by atoms with Crippen LogP contribution in [0.2, 0.25) is 0 Å². The number of hydrogen-bond donors (Lipinski definition) is 2. The van der Waals surface area contributed by atoms with E-state index >= 15 is 0 Å². The fourth-order valence-electron chi connectivity index (χ4n) is 3.77. The Morgan fingerprint density at radius 1 is 1.24 bits per heavy atom. The number of hydrogen-bond acceptors (Lipinski definition) is 6. The van der Waals surface area contributed by atoms with Crippen LogP contribution in [0.5, 0.6) is 0 Å². The maximum absolute atomic E-state index is 14.6. The number of carbonyl (C=O) groups is 1. The first-order chi connectivity index (χ1) is 15.6. The zero-order chi connectivity index (χ0) is 24.4. The molecule has 1 amide bonds. The van der Waals surface area contributed by atoms with Crippen LogP contribution in [0.15, 0.2) is 27.8 Å². The Morgan fingerprint density at radius 2 is 1.94 bits per heavy atom. The molecule has 3 aromatic rings. The first-order valence-electron chi connectivity index (χ1n) is 10.7. The summed E-state index contributed by atoms with van der Waals surface area (Å²) in [7, 11) is 1.47. The number of ether oxygens (including phenoxy) is 1. The van der Waals surface area contributed by atoms with Gasteiger partial charge in [0.05, 0.1) is 11.5 Å². The predicted molar refractivity (Wildman–Crippen MR) is 130 cm³/mol. The molecule has 0 unspecified atom stereocenters. The summed E-state index contributed by atoms with van der Waals surface area (Å²) in [4.78, 5) is 42.9. The van der Waals surface area contributed by atoms with Crippen molar-refractivity contribution in [3.05, 3.63) is 55.3 Å². The van der Waals surface area contributed by atoms with Gasteiger partial charge in [0, 0.05) is 35.8 Å². The number of H-pyrrole nitrogens is 1. The molecule has 10 heteroatoms. The lowest BCUT2D eigenvalue weighted by Crippen LogP contribution is -2.43. The minimum atomic E-state index is -0.743. The van der Waals surface area contributed by atoms with Crippen LogP contribution in [-0.2, 0) is 17.9 Å². The second kappa shape index (κ2) is 9.88. The van der Waals surface area contributed by atoms with Gasteiger partial charge in [-0.2, -0.15) is 0 Å². The maximum atomic E-state index is 14.6. The van der Waals surface area contributed by atoms with Crippen LogP contribution in [0.25, 0.3) is 10.1 Å². The zero-order valence-corrected chi connectivity index (χ0v) is 20.2. The number of rotatable bonds is 8. The third kappa shape index (κ3) is 4.86. The predicted octanol–water partition coefficient (Wildman–Crippen LogP) is 3.58. The van der Waals surface area contributed by atoms with Crippen LogP contribution in [0, 0.1) is 17.7 Å². The van der Waals surface area contributed by atoms with Crippen LogP contribution < -0.4 is 21.9 Å². The largest absolute Gasteiger partial charge is 0.383 e. The van der Waals surface area contributed by atoms with Crippen molar-refractivity contribution in [1.82, 2.24) is 9.55 Å². The lowest BCUT2D eigenvalue weighted by molar-refractivity contribution is 0.0983. The van der Waals surface area contributed by atoms with Crippen molar-refractivity contribution in [2.24, 2.45) is 11.8 Å². The van der Waals surface area contributed by atoms with Crippen LogP contribution in [0.3, 0.4) is 0 Å². The van der Waals surface area contributed by atoms with Gasteiger partial charge in [0.1, 0.15) is 11.6 Å². The van der Waals surface area contributed by atoms with Crippen molar-refractivity contribution in [3.8, 4) is 0 Å². The molecule has 0 aliphatic carbocycles. The molecular formula is C23H29FN4O4S. The van der Waals surface area contributed by atoms with E-state index in [0.29, 0.717) is 15.6 Å². The van der Waals surface area contributed by atoms with Crippen LogP contribution in [0.1, 0.15) is 42.9 Å². The number of nitrogens with one attached hydrogen (secondary N) is 1. The highest BCUT2D eigenvalue weighted by Crippen LogP contribution is 2.35. The number of fused-ring (bicyclic) bond motifs is 1. The third-order valence-electron chi connectivity index (χ3n) is 5.07. The van der Waals surface area contributed by atoms with E-state index in [-0.39, 0.29) is 47.9 Å². The number of halogens is 1. The molecule has 0 aliphatic heterocycles. The fraction of sp³-hybridized carbons (Fsp3) is 0.435. The number of carbonyl (C=O) groups excluding carboxylic acids is 1. The number of thiophene rings is 1. The SMILES string of the molecule is COCc1c(C(=O)N(CC(C)C)c2c(N)n(CC(C)C)c(=O)[nH]c2=O)sc2cccc(F)c12. The molecule has 8 nitrogen and oxygen atoms in total. The summed E-state index contributed by atoms with van der Waals surface area (Å²) < 4.78 is 21.8. The molecule has 0 saturated carbocycles. The summed E-state index contributed by atoms with van der Waals surface area (Å²) >= 11 is 1.13. The standard InChI is InChI=1S/C23H29FN4O4S/c1-12(2)9-27(18-20(25)28(10-13(3)4)23(31)26-21(18)29)22(30)19-14(11-32-5)17-15(24)7-6-8-16(17)33-19/h6-8,12-13H,9-11,25H2,1-5H3,(H,26,29,31). The molecule has 178 valence electrons. The minimum absolute atomic E-state index is 0.0183. The number of anilines is 2. The molecule has 2 aromatic heterocycles. The molecule has 0 spiro atoms. The average Bonchev–Trinajstić information content (AvgIpc) is 3.09. The Labute approximate surface area is 194 Å². The molecule has 2 heterocycles. The molecule has 0 fully saturated rings. The van der Waals surface area contributed by atoms with Crippen LogP contribution >= 0.6 is 11.3 Å². The Bertz CT molecular complexity index is 1290. The smallest absolute Gasteiger partial charge is 0.330 e. The number of aromatic amines is 1. The second-order valence-corrected chi connectivity index (χ2v) is 9.82. The lowest BCUT2D eigenvalue weighted by atomic mass is 10.1. The highest BCUT2D eigenvalue weighted by atomic mass is 32.1. The summed E-state index contributed by atoms with van der Waals surface area (Å²) in [5.74, 6) is -0.962. The normalized spacial score (nSPS) is 11.6. The van der Waals surface area contributed by atoms with Crippen molar-refractivity contribution in [1.29, 1.82) is 0 Å². The van der Waals surface area contributed by atoms with Gasteiger partial charge in [-0.15, -0.1) is 11.3 Å². The first-order valence-corrected chi connectivity index (χ1v) is 11.5. The van der Waals surface area contributed by atoms with Gasteiger partial charge < -0.3 is 10.5 Å². The van der Waals surface area contributed by atoms with Crippen molar-refractivity contribution >= 4 is 38.8 Å². The molecule has 0 atom stereocenters. The molecule has 0 radical (unpaired) electrons. The van der Waals surface area contributed by atoms with Gasteiger partial charge in [-0.25, -0.2) is 9.18 Å². The van der Waals surface area contributed by atoms with E-state index in [1.165, 1.54) is 22.6 Å². The number of nitrogen functional groups attached to an aromatic ring is 1. The fourth-order valence-corrected chi connectivity index (χ4v) is 4.94. The lowest BCUT2D eigenvalue weighted by Gasteiger charge is -2.26. The number of nitrogens with zero attached hydrogens (tertiary/aromatic N) is 2. The Hall–Kier alpha value is -2.98. The Morgan fingerprint density at radius 3 is 2.55 bits per heavy atom. The van der Waals surface area contributed by atoms with E-state index in [2.05, 4.69) is 4.98 Å². The Kier molecular flexibility index (Phi) is 7.38. The van der Waals surface area contributed by atoms with E-state index in [1.54, 1.807) is 12.1 Å². The summed E-state index contributed by atoms with van der Waals surface area (Å²) in [6.07, 6.45) is 0. The summed E-state index contributed by atoms with van der Waals surface area (Å²) in [5.41, 5.74) is 5.25. The van der Waals surface area contributed by atoms with Crippen molar-refractivity contribution < 1.29 is 13.9 Å². The third-order valence-corrected chi connectivity index (χ3v) is 6.26. The van der Waals surface area contributed by atoms with E-state index in [9.17, 15) is 18.8 Å². The summed E-state index contributed by atoms with van der Waals surface area (Å²) in [6, 6.07) is 4.64. The van der Waals surface area contributed by atoms with Gasteiger partial charge >= 0.3 is 5.69 Å². The number of nitrogens with two attached hydrogens (primary N) is 1. The monoisotopic (exact) mass is 476 g/mol. The van der Waals surface area contributed by atoms with Crippen molar-refractivity contribution in [2.45, 2.75) is 40.8 Å². The average molecular weight is 477 g/mol. The molecule has 1 aromatic carbocycles. The molecular weight excluding hydrogens is 447 g/mol. The number of amides is 1. The molecule has 3 N–H and O–H groups in total. The van der Waals surface area contributed by atoms with Gasteiger partial charge in [-0.05, 0) is 24.0 Å². The van der Waals surface area contributed by atoms with Gasteiger partial charge in [-0.1, -0.05) is 33.8 Å². The first kappa shape index (κ1) is 24.7. The summed E-state index contributed by atoms with van der Waals surface area (Å²) in [5, 5.41) is 0.323. The van der Waals surface area contributed by atoms with E-state index in [4.69, 9.17) is 10.5 Å². The molecule has 33 heavy (non-hydrogen) atoms. The Balaban J connectivity index is 2.25. The number of aromatic nitrogens is 2. The molecule has 3 rings (SSSR count). The van der Waals surface area contributed by atoms with E-state index in [1.807, 2.05) is 27.7 Å². The molecule has 0 saturated heterocycles. The van der Waals surface area contributed by atoms with Gasteiger partial charge in [-0.3, -0.25) is 24.0 Å². The van der Waals surface area contributed by atoms with Gasteiger partial charge in [0.25, 0.3) is 11.5 Å². The van der Waals surface area contributed by atoms with Crippen molar-refractivity contribution in [2.75, 3.05) is 24.3 Å². The molecule has 0 bridgehead atoms. The summed E-state index contributed by atoms with van der Waals surface area (Å²) in [6.45, 7) is 8.10. The van der Waals surface area contributed by atoms with Gasteiger partial charge in [0.15, 0.2) is 5.69 Å². The minimum Gasteiger partial charge on any atom is -0.383 e. The highest BCUT2D eigenvalue weighted by molar-refractivity contribution is 7.21. The van der Waals surface area contributed by atoms with Crippen LogP contribution in [-0.4, -0.2) is 29.1 Å². The quantitative estimate of drug-likeness (QED) is 0.516. The maximum Gasteiger partial charge on any atom is 0.330 e. The topological polar surface area (TPSA) is 110 Å². The second-order valence-electron chi connectivity index (χ2n) is 8.76. The zero-order valence-electron chi connectivity index (χ0n) is 19.4. The highest BCUT2D eigenvalue weighted by Gasteiger charge is 2.30. The van der Waals surface area contributed by atoms with E-state index < -0.39 is 23.0 Å². The number of methoxy groups -OCH3 is 1. The van der Waals surface area contributed by atoms with Gasteiger partial charge in [0.2, 0.25) is 0 Å². The molecule has 0 aliphatic rings. The number of benzene rings is 1.